The summed E-state index contributed by atoms with van der Waals surface area (Å²) in [6.07, 6.45) is 1.41. The van der Waals surface area contributed by atoms with Crippen LogP contribution < -0.4 is 10.1 Å². The average Bonchev–Trinajstić information content (AvgIpc) is 3.24. The van der Waals surface area contributed by atoms with E-state index in [1.807, 2.05) is 32.0 Å². The minimum atomic E-state index is -0.511. The molecule has 0 unspecified atom stereocenters. The summed E-state index contributed by atoms with van der Waals surface area (Å²) in [5.74, 6) is 1.17. The first-order valence-electron chi connectivity index (χ1n) is 8.68. The molecule has 2 heterocycles. The highest BCUT2D eigenvalue weighted by molar-refractivity contribution is 5.97. The number of aryl methyl sites for hydroxylation is 3. The minimum absolute atomic E-state index is 0.0879. The highest BCUT2D eigenvalue weighted by Crippen LogP contribution is 2.21. The highest BCUT2D eigenvalue weighted by atomic mass is 16.5. The number of ether oxygens (including phenoxy) is 1. The van der Waals surface area contributed by atoms with E-state index in [0.717, 1.165) is 12.0 Å². The maximum Gasteiger partial charge on any atom is 0.261 e. The molecule has 0 bridgehead atoms. The fraction of sp³-hybridized carbons (Fsp3) is 0.421. The third-order valence-corrected chi connectivity index (χ3v) is 4.60. The molecule has 1 aliphatic rings. The van der Waals surface area contributed by atoms with Crippen LogP contribution in [0, 0.1) is 20.8 Å². The maximum atomic E-state index is 12.5. The highest BCUT2D eigenvalue weighted by Gasteiger charge is 2.34. The number of nitrogens with one attached hydrogen (secondary N) is 1. The molecule has 1 atom stereocenters. The smallest absolute Gasteiger partial charge is 0.261 e. The third kappa shape index (κ3) is 4.04. The van der Waals surface area contributed by atoms with Gasteiger partial charge in [0.15, 0.2) is 12.4 Å². The van der Waals surface area contributed by atoms with Crippen molar-refractivity contribution in [2.24, 2.45) is 0 Å². The zero-order valence-corrected chi connectivity index (χ0v) is 15.2. The Morgan fingerprint density at radius 3 is 2.77 bits per heavy atom. The van der Waals surface area contributed by atoms with Gasteiger partial charge in [-0.25, -0.2) is 0 Å². The van der Waals surface area contributed by atoms with Gasteiger partial charge in [-0.05, 0) is 56.9 Å². The van der Waals surface area contributed by atoms with Crippen LogP contribution in [0.2, 0.25) is 0 Å². The predicted octanol–water partition coefficient (Wildman–Crippen LogP) is 2.61. The van der Waals surface area contributed by atoms with Crippen LogP contribution in [0.3, 0.4) is 0 Å². The molecule has 1 fully saturated rings. The van der Waals surface area contributed by atoms with Crippen molar-refractivity contribution in [2.75, 3.05) is 18.5 Å². The lowest BCUT2D eigenvalue weighted by molar-refractivity contribution is -0.138. The van der Waals surface area contributed by atoms with Gasteiger partial charge >= 0.3 is 0 Å². The molecule has 26 heavy (non-hydrogen) atoms. The summed E-state index contributed by atoms with van der Waals surface area (Å²) in [5.41, 5.74) is 2.28. The molecule has 0 aliphatic carbocycles. The minimum Gasteiger partial charge on any atom is -0.484 e. The van der Waals surface area contributed by atoms with Gasteiger partial charge in [-0.3, -0.25) is 9.59 Å². The molecule has 138 valence electrons. The van der Waals surface area contributed by atoms with Crippen LogP contribution >= 0.6 is 0 Å². The number of hydrogen-bond donors (Lipinski definition) is 1. The lowest BCUT2D eigenvalue weighted by Crippen LogP contribution is -2.45. The van der Waals surface area contributed by atoms with Crippen LogP contribution in [0.25, 0.3) is 0 Å². The fourth-order valence-electron chi connectivity index (χ4n) is 3.00. The van der Waals surface area contributed by atoms with Crippen LogP contribution in [-0.4, -0.2) is 41.1 Å². The van der Waals surface area contributed by atoms with Crippen molar-refractivity contribution in [3.8, 4) is 5.75 Å². The lowest BCUT2D eigenvalue weighted by Gasteiger charge is -2.23. The largest absolute Gasteiger partial charge is 0.484 e. The Hall–Kier alpha value is -2.83. The van der Waals surface area contributed by atoms with Crippen LogP contribution in [-0.2, 0) is 9.59 Å². The van der Waals surface area contributed by atoms with Gasteiger partial charge in [-0.2, -0.15) is 0 Å². The fourth-order valence-corrected chi connectivity index (χ4v) is 3.00. The first-order valence-corrected chi connectivity index (χ1v) is 8.68. The van der Waals surface area contributed by atoms with Crippen molar-refractivity contribution in [1.29, 1.82) is 0 Å². The summed E-state index contributed by atoms with van der Waals surface area (Å²) in [7, 11) is 0. The topological polar surface area (TPSA) is 84.7 Å². The Bertz CT molecular complexity index is 815. The summed E-state index contributed by atoms with van der Waals surface area (Å²) in [5, 5.41) is 6.45. The van der Waals surface area contributed by atoms with Crippen molar-refractivity contribution in [1.82, 2.24) is 10.1 Å². The van der Waals surface area contributed by atoms with Crippen LogP contribution in [0.1, 0.15) is 29.7 Å². The molecule has 0 saturated carbocycles. The van der Waals surface area contributed by atoms with E-state index >= 15 is 0 Å². The van der Waals surface area contributed by atoms with E-state index in [1.54, 1.807) is 17.9 Å². The van der Waals surface area contributed by atoms with E-state index in [-0.39, 0.29) is 18.4 Å². The summed E-state index contributed by atoms with van der Waals surface area (Å²) in [6, 6.07) is 6.84. The lowest BCUT2D eigenvalue weighted by atomic mass is 10.1. The number of carbonyl (C=O) groups excluding carboxylic acids is 2. The van der Waals surface area contributed by atoms with Crippen molar-refractivity contribution in [3.63, 3.8) is 0 Å². The zero-order chi connectivity index (χ0) is 18.7. The van der Waals surface area contributed by atoms with Gasteiger partial charge in [0.05, 0.1) is 0 Å². The third-order valence-electron chi connectivity index (χ3n) is 4.60. The maximum absolute atomic E-state index is 12.5. The standard InChI is InChI=1S/C19H23N3O4/c1-12-6-7-15(9-13(12)2)25-11-18(23)22-8-4-5-16(22)19(24)20-17-10-14(3)26-21-17/h6-7,9-10,16H,4-5,8,11H2,1-3H3,(H,20,21,24)/t16-/m0/s1. The molecule has 0 spiro atoms. The Balaban J connectivity index is 1.58. The molecule has 2 aromatic rings. The Labute approximate surface area is 152 Å². The Kier molecular flexibility index (Phi) is 5.25. The molecule has 2 amide bonds. The average molecular weight is 357 g/mol. The molecule has 7 nitrogen and oxygen atoms in total. The quantitative estimate of drug-likeness (QED) is 0.889. The zero-order valence-electron chi connectivity index (χ0n) is 15.2. The SMILES string of the molecule is Cc1cc(NC(=O)[C@@H]2CCCN2C(=O)COc2ccc(C)c(C)c2)no1. The molecular formula is C19H23N3O4. The number of benzene rings is 1. The van der Waals surface area contributed by atoms with Gasteiger partial charge in [0.25, 0.3) is 5.91 Å². The molecule has 0 radical (unpaired) electrons. The van der Waals surface area contributed by atoms with Crippen molar-refractivity contribution in [2.45, 2.75) is 39.7 Å². The Morgan fingerprint density at radius 1 is 1.27 bits per heavy atom. The van der Waals surface area contributed by atoms with Crippen LogP contribution in [0.5, 0.6) is 5.75 Å². The summed E-state index contributed by atoms with van der Waals surface area (Å²) >= 11 is 0. The number of amides is 2. The number of hydrogen-bond acceptors (Lipinski definition) is 5. The summed E-state index contributed by atoms with van der Waals surface area (Å²) < 4.78 is 10.6. The molecule has 1 saturated heterocycles. The number of carbonyl (C=O) groups is 2. The van der Waals surface area contributed by atoms with Crippen molar-refractivity contribution < 1.29 is 18.8 Å². The number of nitrogens with zero attached hydrogens (tertiary/aromatic N) is 2. The van der Waals surface area contributed by atoms with Gasteiger partial charge in [0, 0.05) is 12.6 Å². The van der Waals surface area contributed by atoms with Crippen LogP contribution in [0.15, 0.2) is 28.8 Å². The molecule has 3 rings (SSSR count). The molecular weight excluding hydrogens is 334 g/mol. The van der Waals surface area contributed by atoms with Crippen molar-refractivity contribution >= 4 is 17.6 Å². The van der Waals surface area contributed by atoms with Gasteiger partial charge in [0.2, 0.25) is 5.91 Å². The van der Waals surface area contributed by atoms with E-state index in [1.165, 1.54) is 5.56 Å². The molecule has 1 aromatic carbocycles. The van der Waals surface area contributed by atoms with E-state index < -0.39 is 6.04 Å². The van der Waals surface area contributed by atoms with E-state index in [0.29, 0.717) is 30.3 Å². The number of likely N-dealkylation sites (tertiary alicyclic amines) is 1. The number of rotatable bonds is 5. The predicted molar refractivity (Wildman–Crippen MR) is 96.0 cm³/mol. The van der Waals surface area contributed by atoms with E-state index in [4.69, 9.17) is 9.26 Å². The monoisotopic (exact) mass is 357 g/mol. The number of anilines is 1. The van der Waals surface area contributed by atoms with Gasteiger partial charge in [-0.15, -0.1) is 0 Å². The van der Waals surface area contributed by atoms with Gasteiger partial charge < -0.3 is 19.5 Å². The van der Waals surface area contributed by atoms with Gasteiger partial charge in [-0.1, -0.05) is 11.2 Å². The van der Waals surface area contributed by atoms with Gasteiger partial charge in [0.1, 0.15) is 17.6 Å². The molecule has 1 aromatic heterocycles. The summed E-state index contributed by atoms with van der Waals surface area (Å²) in [6.45, 7) is 6.23. The van der Waals surface area contributed by atoms with E-state index in [2.05, 4.69) is 10.5 Å². The second-order valence-corrected chi connectivity index (χ2v) is 6.59. The van der Waals surface area contributed by atoms with E-state index in [9.17, 15) is 9.59 Å². The second-order valence-electron chi connectivity index (χ2n) is 6.59. The number of aromatic nitrogens is 1. The molecule has 1 aliphatic heterocycles. The molecule has 1 N–H and O–H groups in total. The first kappa shape index (κ1) is 18.0. The van der Waals surface area contributed by atoms with Crippen LogP contribution in [0.4, 0.5) is 5.82 Å². The van der Waals surface area contributed by atoms with Crippen molar-refractivity contribution in [3.05, 3.63) is 41.2 Å². The Morgan fingerprint density at radius 2 is 2.08 bits per heavy atom. The summed E-state index contributed by atoms with van der Waals surface area (Å²) in [4.78, 5) is 26.6. The normalized spacial score (nSPS) is 16.6. The molecule has 7 heteroatoms. The first-order chi connectivity index (χ1) is 12.4. The second kappa shape index (κ2) is 7.59.